The van der Waals surface area contributed by atoms with E-state index in [0.717, 1.165) is 37.9 Å². The summed E-state index contributed by atoms with van der Waals surface area (Å²) in [4.78, 5) is 0. The molecular formula is C31H47FO4. The summed E-state index contributed by atoms with van der Waals surface area (Å²) in [6.45, 7) is 14.5. The summed E-state index contributed by atoms with van der Waals surface area (Å²) >= 11 is 0. The Hall–Kier alpha value is -1.43. The van der Waals surface area contributed by atoms with Gasteiger partial charge in [-0.1, -0.05) is 44.6 Å². The highest BCUT2D eigenvalue weighted by Crippen LogP contribution is 2.56. The van der Waals surface area contributed by atoms with Gasteiger partial charge in [0.15, 0.2) is 5.79 Å². The number of ether oxygens (including phenoxy) is 4. The second-order valence-corrected chi connectivity index (χ2v) is 12.3. The molecule has 1 spiro atoms. The quantitative estimate of drug-likeness (QED) is 0.306. The van der Waals surface area contributed by atoms with Crippen LogP contribution in [0.4, 0.5) is 4.39 Å². The number of benzene rings is 1. The summed E-state index contributed by atoms with van der Waals surface area (Å²) in [5, 5.41) is 0. The van der Waals surface area contributed by atoms with Crippen LogP contribution in [0, 0.1) is 11.8 Å². The van der Waals surface area contributed by atoms with E-state index in [1.165, 1.54) is 11.1 Å². The molecule has 5 heteroatoms. The van der Waals surface area contributed by atoms with E-state index in [4.69, 9.17) is 18.9 Å². The molecule has 1 aromatic rings. The normalized spacial score (nSPS) is 29.5. The van der Waals surface area contributed by atoms with Crippen molar-refractivity contribution in [1.82, 2.24) is 0 Å². The molecule has 3 unspecified atom stereocenters. The predicted octanol–water partition coefficient (Wildman–Crippen LogP) is 7.76. The van der Waals surface area contributed by atoms with E-state index in [-0.39, 0.29) is 18.3 Å². The number of rotatable bonds is 10. The Labute approximate surface area is 217 Å². The molecule has 1 aliphatic heterocycles. The number of hydrogen-bond donors (Lipinski definition) is 0. The van der Waals surface area contributed by atoms with E-state index in [1.54, 1.807) is 0 Å². The highest BCUT2D eigenvalue weighted by Gasteiger charge is 2.57. The van der Waals surface area contributed by atoms with Gasteiger partial charge in [0.2, 0.25) is 0 Å². The molecule has 0 N–H and O–H groups in total. The van der Waals surface area contributed by atoms with Crippen molar-refractivity contribution < 1.29 is 23.3 Å². The third kappa shape index (κ3) is 6.71. The first-order valence-electron chi connectivity index (χ1n) is 14.1. The van der Waals surface area contributed by atoms with Gasteiger partial charge in [-0.25, -0.2) is 4.39 Å². The summed E-state index contributed by atoms with van der Waals surface area (Å²) in [6.07, 6.45) is 8.29. The lowest BCUT2D eigenvalue weighted by atomic mass is 9.90. The van der Waals surface area contributed by atoms with Crippen LogP contribution in [0.3, 0.4) is 0 Å². The van der Waals surface area contributed by atoms with E-state index >= 15 is 4.39 Å². The van der Waals surface area contributed by atoms with Crippen molar-refractivity contribution in [3.05, 3.63) is 41.5 Å². The van der Waals surface area contributed by atoms with Gasteiger partial charge in [0, 0.05) is 18.8 Å². The Morgan fingerprint density at radius 1 is 1.06 bits per heavy atom. The molecule has 3 aliphatic rings. The van der Waals surface area contributed by atoms with Gasteiger partial charge < -0.3 is 18.9 Å². The zero-order valence-corrected chi connectivity index (χ0v) is 23.3. The summed E-state index contributed by atoms with van der Waals surface area (Å²) < 4.78 is 39.5. The minimum absolute atomic E-state index is 0.121. The second kappa shape index (κ2) is 11.1. The Morgan fingerprint density at radius 2 is 1.67 bits per heavy atom. The van der Waals surface area contributed by atoms with E-state index in [1.807, 2.05) is 12.1 Å². The Morgan fingerprint density at radius 3 is 2.19 bits per heavy atom. The maximum absolute atomic E-state index is 15.6. The molecular weight excluding hydrogens is 455 g/mol. The molecule has 4 nitrogen and oxygen atoms in total. The number of halogens is 1. The smallest absolute Gasteiger partial charge is 0.169 e. The third-order valence-electron chi connectivity index (χ3n) is 8.34. The molecule has 0 radical (unpaired) electrons. The lowest BCUT2D eigenvalue weighted by Crippen LogP contribution is -2.32. The Kier molecular flexibility index (Phi) is 8.53. The van der Waals surface area contributed by atoms with Crippen LogP contribution in [-0.2, 0) is 14.2 Å². The van der Waals surface area contributed by atoms with Crippen molar-refractivity contribution in [3.8, 4) is 5.75 Å². The average molecular weight is 503 g/mol. The molecule has 2 saturated carbocycles. The van der Waals surface area contributed by atoms with Gasteiger partial charge in [0.05, 0.1) is 24.9 Å². The second-order valence-electron chi connectivity index (χ2n) is 12.3. The van der Waals surface area contributed by atoms with Crippen molar-refractivity contribution in [3.63, 3.8) is 0 Å². The molecule has 4 rings (SSSR count). The van der Waals surface area contributed by atoms with Crippen LogP contribution in [0.2, 0.25) is 0 Å². The molecule has 36 heavy (non-hydrogen) atoms. The zero-order chi connectivity index (χ0) is 26.0. The first-order chi connectivity index (χ1) is 17.0. The first kappa shape index (κ1) is 27.6. The fourth-order valence-corrected chi connectivity index (χ4v) is 6.55. The molecule has 0 aromatic heterocycles. The van der Waals surface area contributed by atoms with Gasteiger partial charge in [-0.15, -0.1) is 0 Å². The zero-order valence-electron chi connectivity index (χ0n) is 23.3. The SMILES string of the molecule is CC/C(=C\CC(CC)OC(C)(C)C)[C@H](C)c1ccc(OCC2(F)CC3CC4(CC3C2)OCCO4)cc1. The molecule has 2 aliphatic carbocycles. The van der Waals surface area contributed by atoms with E-state index < -0.39 is 11.5 Å². The number of allylic oxidation sites excluding steroid dienone is 1. The third-order valence-corrected chi connectivity index (χ3v) is 8.34. The molecule has 1 heterocycles. The summed E-state index contributed by atoms with van der Waals surface area (Å²) in [5.41, 5.74) is 1.30. The summed E-state index contributed by atoms with van der Waals surface area (Å²) in [6, 6.07) is 8.23. The Bertz CT molecular complexity index is 865. The van der Waals surface area contributed by atoms with E-state index in [2.05, 4.69) is 59.8 Å². The van der Waals surface area contributed by atoms with Gasteiger partial charge in [-0.2, -0.15) is 0 Å². The maximum Gasteiger partial charge on any atom is 0.169 e. The number of hydrogen-bond acceptors (Lipinski definition) is 4. The van der Waals surface area contributed by atoms with Crippen LogP contribution in [0.1, 0.15) is 98.0 Å². The van der Waals surface area contributed by atoms with Crippen LogP contribution in [0.5, 0.6) is 5.75 Å². The van der Waals surface area contributed by atoms with Crippen LogP contribution >= 0.6 is 0 Å². The predicted molar refractivity (Wildman–Crippen MR) is 142 cm³/mol. The van der Waals surface area contributed by atoms with E-state index in [9.17, 15) is 0 Å². The van der Waals surface area contributed by atoms with Crippen LogP contribution in [-0.4, -0.2) is 43.0 Å². The van der Waals surface area contributed by atoms with Crippen molar-refractivity contribution in [2.75, 3.05) is 19.8 Å². The average Bonchev–Trinajstić information content (AvgIpc) is 3.50. The molecule has 3 fully saturated rings. The minimum Gasteiger partial charge on any atom is -0.490 e. The van der Waals surface area contributed by atoms with Gasteiger partial charge in [0.25, 0.3) is 0 Å². The highest BCUT2D eigenvalue weighted by molar-refractivity contribution is 5.33. The molecule has 4 atom stereocenters. The number of fused-ring (bicyclic) bond motifs is 1. The van der Waals surface area contributed by atoms with Gasteiger partial charge in [0.1, 0.15) is 18.0 Å². The molecule has 1 saturated heterocycles. The lowest BCUT2D eigenvalue weighted by Gasteiger charge is -2.27. The van der Waals surface area contributed by atoms with Crippen LogP contribution in [0.15, 0.2) is 35.9 Å². The topological polar surface area (TPSA) is 36.9 Å². The van der Waals surface area contributed by atoms with Crippen LogP contribution < -0.4 is 4.74 Å². The molecule has 0 amide bonds. The van der Waals surface area contributed by atoms with Crippen molar-refractivity contribution in [1.29, 1.82) is 0 Å². The van der Waals surface area contributed by atoms with E-state index in [0.29, 0.717) is 43.8 Å². The minimum atomic E-state index is -1.26. The summed E-state index contributed by atoms with van der Waals surface area (Å²) in [7, 11) is 0. The Balaban J connectivity index is 1.29. The summed E-state index contributed by atoms with van der Waals surface area (Å²) in [5.74, 6) is 1.31. The monoisotopic (exact) mass is 502 g/mol. The molecule has 202 valence electrons. The van der Waals surface area contributed by atoms with Gasteiger partial charge in [-0.3, -0.25) is 0 Å². The fourth-order valence-electron chi connectivity index (χ4n) is 6.55. The standard InChI is InChI=1S/C31H47FO4/c1-7-23(9-12-27(8-2)36-29(4,5)6)22(3)24-10-13-28(14-11-24)33-21-30(32)17-25-19-31(20-26(25)18-30)34-15-16-35-31/h9-11,13-14,22,25-27H,7-8,12,15-21H2,1-6H3/b23-9+/t22-,25?,26?,27?,30?/m0/s1. The molecule has 0 bridgehead atoms. The van der Waals surface area contributed by atoms with Gasteiger partial charge >= 0.3 is 0 Å². The van der Waals surface area contributed by atoms with Crippen molar-refractivity contribution in [2.24, 2.45) is 11.8 Å². The fraction of sp³-hybridized carbons (Fsp3) is 0.742. The highest BCUT2D eigenvalue weighted by atomic mass is 19.1. The van der Waals surface area contributed by atoms with Crippen molar-refractivity contribution >= 4 is 0 Å². The van der Waals surface area contributed by atoms with Gasteiger partial charge in [-0.05, 0) is 82.4 Å². The number of alkyl halides is 1. The largest absolute Gasteiger partial charge is 0.490 e. The lowest BCUT2D eigenvalue weighted by molar-refractivity contribution is -0.157. The van der Waals surface area contributed by atoms with Crippen LogP contribution in [0.25, 0.3) is 0 Å². The molecule has 1 aromatic carbocycles. The maximum atomic E-state index is 15.6. The first-order valence-corrected chi connectivity index (χ1v) is 14.1. The van der Waals surface area contributed by atoms with Crippen molar-refractivity contribution in [2.45, 2.75) is 116 Å².